The molecular formula is C26H26N2O5S. The molecule has 34 heavy (non-hydrogen) atoms. The number of carbonyl (C=O) groups is 2. The molecule has 2 amide bonds. The molecule has 0 spiro atoms. The van der Waals surface area contributed by atoms with Crippen molar-refractivity contribution in [2.45, 2.75) is 6.42 Å². The third kappa shape index (κ3) is 4.92. The van der Waals surface area contributed by atoms with Crippen LogP contribution >= 0.6 is 11.3 Å². The highest BCUT2D eigenvalue weighted by Gasteiger charge is 2.24. The molecule has 8 heteroatoms. The highest BCUT2D eigenvalue weighted by Crippen LogP contribution is 2.41. The minimum Gasteiger partial charge on any atom is -0.496 e. The predicted octanol–water partition coefficient (Wildman–Crippen LogP) is 4.96. The van der Waals surface area contributed by atoms with Crippen molar-refractivity contribution in [1.82, 2.24) is 4.90 Å². The number of nitrogens with one attached hydrogen (secondary N) is 1. The van der Waals surface area contributed by atoms with Gasteiger partial charge in [-0.25, -0.2) is 0 Å². The second-order valence-corrected chi connectivity index (χ2v) is 8.60. The average Bonchev–Trinajstić information content (AvgIpc) is 3.43. The van der Waals surface area contributed by atoms with Gasteiger partial charge in [0, 0.05) is 36.5 Å². The van der Waals surface area contributed by atoms with Crippen LogP contribution in [0, 0.1) is 0 Å². The van der Waals surface area contributed by atoms with Crippen molar-refractivity contribution in [3.63, 3.8) is 0 Å². The van der Waals surface area contributed by atoms with E-state index in [0.29, 0.717) is 52.9 Å². The number of anilines is 1. The summed E-state index contributed by atoms with van der Waals surface area (Å²) in [6.45, 7) is 1.01. The molecule has 0 unspecified atom stereocenters. The number of hydrogen-bond donors (Lipinski definition) is 1. The van der Waals surface area contributed by atoms with E-state index < -0.39 is 0 Å². The molecular weight excluding hydrogens is 452 g/mol. The third-order valence-electron chi connectivity index (χ3n) is 5.64. The zero-order valence-electron chi connectivity index (χ0n) is 19.3. The second kappa shape index (κ2) is 10.4. The highest BCUT2D eigenvalue weighted by atomic mass is 32.1. The lowest BCUT2D eigenvalue weighted by Gasteiger charge is -2.28. The van der Waals surface area contributed by atoms with Crippen molar-refractivity contribution < 1.29 is 23.8 Å². The molecule has 0 radical (unpaired) electrons. The van der Waals surface area contributed by atoms with Crippen LogP contribution < -0.4 is 19.5 Å². The van der Waals surface area contributed by atoms with Crippen molar-refractivity contribution in [3.05, 3.63) is 76.0 Å². The molecule has 0 saturated heterocycles. The van der Waals surface area contributed by atoms with E-state index in [1.807, 2.05) is 29.7 Å². The fourth-order valence-electron chi connectivity index (χ4n) is 3.92. The Morgan fingerprint density at radius 3 is 2.32 bits per heavy atom. The predicted molar refractivity (Wildman–Crippen MR) is 133 cm³/mol. The molecule has 1 aliphatic rings. The van der Waals surface area contributed by atoms with Gasteiger partial charge in [0.25, 0.3) is 11.8 Å². The fourth-order valence-corrected chi connectivity index (χ4v) is 4.53. The van der Waals surface area contributed by atoms with Crippen LogP contribution in [0.1, 0.15) is 32.0 Å². The van der Waals surface area contributed by atoms with Crippen molar-refractivity contribution in [1.29, 1.82) is 0 Å². The first kappa shape index (κ1) is 23.4. The number of ether oxygens (including phenoxy) is 3. The molecule has 2 aromatic carbocycles. The zero-order valence-corrected chi connectivity index (χ0v) is 20.1. The minimum absolute atomic E-state index is 0.0869. The topological polar surface area (TPSA) is 77.1 Å². The molecule has 176 valence electrons. The number of rotatable bonds is 7. The largest absolute Gasteiger partial charge is 0.496 e. The monoisotopic (exact) mass is 478 g/mol. The quantitative estimate of drug-likeness (QED) is 0.520. The normalized spacial score (nSPS) is 13.1. The molecule has 0 saturated carbocycles. The van der Waals surface area contributed by atoms with Crippen LogP contribution in [-0.2, 0) is 0 Å². The highest BCUT2D eigenvalue weighted by molar-refractivity contribution is 7.12. The lowest BCUT2D eigenvalue weighted by molar-refractivity contribution is 0.0772. The first-order chi connectivity index (χ1) is 16.5. The summed E-state index contributed by atoms with van der Waals surface area (Å²) in [6.07, 6.45) is 2.68. The number of methoxy groups -OCH3 is 3. The molecule has 4 rings (SSSR count). The van der Waals surface area contributed by atoms with E-state index in [0.717, 1.165) is 11.1 Å². The van der Waals surface area contributed by atoms with Gasteiger partial charge in [0.05, 0.1) is 31.8 Å². The van der Waals surface area contributed by atoms with E-state index >= 15 is 0 Å². The van der Waals surface area contributed by atoms with Crippen LogP contribution in [0.3, 0.4) is 0 Å². The van der Waals surface area contributed by atoms with Gasteiger partial charge in [-0.2, -0.15) is 0 Å². The molecule has 1 N–H and O–H groups in total. The van der Waals surface area contributed by atoms with Crippen molar-refractivity contribution in [3.8, 4) is 17.2 Å². The summed E-state index contributed by atoms with van der Waals surface area (Å²) in [7, 11) is 4.82. The number of benzene rings is 2. The minimum atomic E-state index is -0.187. The summed E-state index contributed by atoms with van der Waals surface area (Å²) >= 11 is 1.37. The molecule has 0 aliphatic carbocycles. The summed E-state index contributed by atoms with van der Waals surface area (Å²) in [5, 5.41) is 4.71. The Morgan fingerprint density at radius 1 is 0.971 bits per heavy atom. The maximum Gasteiger partial charge on any atom is 0.265 e. The van der Waals surface area contributed by atoms with Crippen molar-refractivity contribution in [2.24, 2.45) is 0 Å². The van der Waals surface area contributed by atoms with Gasteiger partial charge in [0.1, 0.15) is 17.2 Å². The average molecular weight is 479 g/mol. The Kier molecular flexibility index (Phi) is 7.18. The van der Waals surface area contributed by atoms with Crippen LogP contribution in [0.15, 0.2) is 60.0 Å². The third-order valence-corrected chi connectivity index (χ3v) is 6.51. The SMILES string of the molecule is COc1cc(OC)c(C2=CCN(C(=O)c3cccc(NC(=O)c4cccs4)c3)CC2)c(OC)c1. The van der Waals surface area contributed by atoms with E-state index in [9.17, 15) is 9.59 Å². The molecule has 7 nitrogen and oxygen atoms in total. The van der Waals surface area contributed by atoms with Crippen molar-refractivity contribution >= 4 is 34.4 Å². The Balaban J connectivity index is 1.50. The van der Waals surface area contributed by atoms with Gasteiger partial charge in [0.15, 0.2) is 0 Å². The molecule has 1 aliphatic heterocycles. The van der Waals surface area contributed by atoms with E-state index in [-0.39, 0.29) is 11.8 Å². The number of carbonyl (C=O) groups excluding carboxylic acids is 2. The Labute approximate surface area is 202 Å². The second-order valence-electron chi connectivity index (χ2n) is 7.65. The van der Waals surface area contributed by atoms with Crippen LogP contribution in [0.5, 0.6) is 17.2 Å². The van der Waals surface area contributed by atoms with Crippen LogP contribution in [0.2, 0.25) is 0 Å². The summed E-state index contributed by atoms with van der Waals surface area (Å²) in [5.74, 6) is 1.70. The van der Waals surface area contributed by atoms with Gasteiger partial charge < -0.3 is 24.4 Å². The smallest absolute Gasteiger partial charge is 0.265 e. The van der Waals surface area contributed by atoms with E-state index in [1.165, 1.54) is 11.3 Å². The standard InChI is InChI=1S/C26H26N2O5S/c1-31-20-15-21(32-2)24(22(16-20)33-3)17-9-11-28(12-10-17)26(30)18-6-4-7-19(14-18)27-25(29)23-8-5-13-34-23/h4-9,13-16H,10-12H2,1-3H3,(H,27,29). The molecule has 3 aromatic rings. The van der Waals surface area contributed by atoms with Gasteiger partial charge in [-0.05, 0) is 41.6 Å². The molecule has 0 fully saturated rings. The summed E-state index contributed by atoms with van der Waals surface area (Å²) in [5.41, 5.74) is 3.04. The number of thiophene rings is 1. The van der Waals surface area contributed by atoms with E-state index in [2.05, 4.69) is 5.32 Å². The number of amides is 2. The van der Waals surface area contributed by atoms with E-state index in [4.69, 9.17) is 14.2 Å². The van der Waals surface area contributed by atoms with Crippen LogP contribution in [0.25, 0.3) is 5.57 Å². The number of hydrogen-bond acceptors (Lipinski definition) is 6. The Hall–Kier alpha value is -3.78. The van der Waals surface area contributed by atoms with Crippen molar-refractivity contribution in [2.75, 3.05) is 39.7 Å². The van der Waals surface area contributed by atoms with Crippen LogP contribution in [-0.4, -0.2) is 51.1 Å². The summed E-state index contributed by atoms with van der Waals surface area (Å²) in [4.78, 5) is 27.9. The lowest BCUT2D eigenvalue weighted by Crippen LogP contribution is -2.34. The lowest BCUT2D eigenvalue weighted by atomic mass is 9.96. The maximum absolute atomic E-state index is 13.2. The van der Waals surface area contributed by atoms with Gasteiger partial charge in [-0.3, -0.25) is 9.59 Å². The van der Waals surface area contributed by atoms with Gasteiger partial charge in [-0.1, -0.05) is 18.2 Å². The van der Waals surface area contributed by atoms with Gasteiger partial charge in [-0.15, -0.1) is 11.3 Å². The van der Waals surface area contributed by atoms with E-state index in [1.54, 1.807) is 56.6 Å². The number of nitrogens with zero attached hydrogens (tertiary/aromatic N) is 1. The zero-order chi connectivity index (χ0) is 24.1. The molecule has 0 bridgehead atoms. The van der Waals surface area contributed by atoms with Gasteiger partial charge >= 0.3 is 0 Å². The molecule has 0 atom stereocenters. The summed E-state index contributed by atoms with van der Waals surface area (Å²) in [6, 6.07) is 14.3. The molecule has 2 heterocycles. The Morgan fingerprint density at radius 2 is 1.74 bits per heavy atom. The Bertz CT molecular complexity index is 1190. The fraction of sp³-hybridized carbons (Fsp3) is 0.231. The van der Waals surface area contributed by atoms with Crippen LogP contribution in [0.4, 0.5) is 5.69 Å². The first-order valence-corrected chi connectivity index (χ1v) is 11.7. The summed E-state index contributed by atoms with van der Waals surface area (Å²) < 4.78 is 16.5. The molecule has 1 aromatic heterocycles. The maximum atomic E-state index is 13.2. The first-order valence-electron chi connectivity index (χ1n) is 10.8. The van der Waals surface area contributed by atoms with Gasteiger partial charge in [0.2, 0.25) is 0 Å².